The van der Waals surface area contributed by atoms with Gasteiger partial charge in [0, 0.05) is 19.2 Å². The number of aromatic carboxylic acids is 1. The Hall–Kier alpha value is -1.95. The van der Waals surface area contributed by atoms with Gasteiger partial charge in [-0.05, 0) is 19.1 Å². The van der Waals surface area contributed by atoms with Gasteiger partial charge in [-0.3, -0.25) is 4.40 Å². The van der Waals surface area contributed by atoms with Gasteiger partial charge in [0.15, 0.2) is 5.65 Å². The van der Waals surface area contributed by atoms with Crippen molar-refractivity contribution in [3.8, 4) is 0 Å². The van der Waals surface area contributed by atoms with Crippen LogP contribution in [-0.2, 0) is 11.2 Å². The number of hydrogen-bond donors (Lipinski definition) is 1. The quantitative estimate of drug-likeness (QED) is 0.782. The standard InChI is InChI=1S/C11H13N3O3/c1-2-17-6-5-10-13-12-9-4-3-8(11(15)16)7-14(9)10/h3-4,7H,2,5-6H2,1H3,(H,15,16). The Balaban J connectivity index is 2.30. The van der Waals surface area contributed by atoms with Gasteiger partial charge in [-0.1, -0.05) is 0 Å². The first-order valence-corrected chi connectivity index (χ1v) is 5.37. The van der Waals surface area contributed by atoms with Gasteiger partial charge in [0.05, 0.1) is 12.2 Å². The van der Waals surface area contributed by atoms with Crippen molar-refractivity contribution >= 4 is 11.6 Å². The minimum absolute atomic E-state index is 0.218. The van der Waals surface area contributed by atoms with E-state index in [1.54, 1.807) is 10.5 Å². The van der Waals surface area contributed by atoms with Crippen LogP contribution in [0.2, 0.25) is 0 Å². The molecule has 0 saturated heterocycles. The maximum absolute atomic E-state index is 10.9. The number of nitrogens with zero attached hydrogens (tertiary/aromatic N) is 3. The molecule has 6 heteroatoms. The molecule has 1 N–H and O–H groups in total. The lowest BCUT2D eigenvalue weighted by atomic mass is 10.3. The summed E-state index contributed by atoms with van der Waals surface area (Å²) in [4.78, 5) is 10.9. The number of rotatable bonds is 5. The normalized spacial score (nSPS) is 10.9. The fraction of sp³-hybridized carbons (Fsp3) is 0.364. The fourth-order valence-electron chi connectivity index (χ4n) is 1.54. The molecule has 2 heterocycles. The van der Waals surface area contributed by atoms with Gasteiger partial charge in [0.1, 0.15) is 5.82 Å². The summed E-state index contributed by atoms with van der Waals surface area (Å²) in [5, 5.41) is 16.9. The number of pyridine rings is 1. The molecule has 0 spiro atoms. The summed E-state index contributed by atoms with van der Waals surface area (Å²) in [5.41, 5.74) is 0.858. The zero-order chi connectivity index (χ0) is 12.3. The van der Waals surface area contributed by atoms with E-state index in [1.807, 2.05) is 6.92 Å². The summed E-state index contributed by atoms with van der Waals surface area (Å²) in [6, 6.07) is 3.15. The molecule has 0 fully saturated rings. The monoisotopic (exact) mass is 235 g/mol. The SMILES string of the molecule is CCOCCc1nnc2ccc(C(=O)O)cn12. The van der Waals surface area contributed by atoms with Crippen LogP contribution in [0.15, 0.2) is 18.3 Å². The highest BCUT2D eigenvalue weighted by Gasteiger charge is 2.08. The van der Waals surface area contributed by atoms with Crippen LogP contribution in [0.4, 0.5) is 0 Å². The first-order chi connectivity index (χ1) is 8.22. The van der Waals surface area contributed by atoms with Crippen LogP contribution in [0.1, 0.15) is 23.1 Å². The molecule has 0 aliphatic rings. The molecule has 0 aliphatic carbocycles. The predicted octanol–water partition coefficient (Wildman–Crippen LogP) is 1.01. The van der Waals surface area contributed by atoms with Crippen molar-refractivity contribution in [3.63, 3.8) is 0 Å². The van der Waals surface area contributed by atoms with Crippen molar-refractivity contribution in [2.75, 3.05) is 13.2 Å². The molecular formula is C11H13N3O3. The summed E-state index contributed by atoms with van der Waals surface area (Å²) in [5.74, 6) is -0.257. The first-order valence-electron chi connectivity index (χ1n) is 5.37. The second kappa shape index (κ2) is 4.92. The van der Waals surface area contributed by atoms with Crippen molar-refractivity contribution in [3.05, 3.63) is 29.7 Å². The minimum atomic E-state index is -0.962. The lowest BCUT2D eigenvalue weighted by Gasteiger charge is -2.01. The summed E-state index contributed by atoms with van der Waals surface area (Å²) in [7, 11) is 0. The molecule has 0 bridgehead atoms. The maximum Gasteiger partial charge on any atom is 0.337 e. The third-order valence-electron chi connectivity index (χ3n) is 2.39. The number of carboxylic acids is 1. The van der Waals surface area contributed by atoms with Gasteiger partial charge in [-0.15, -0.1) is 10.2 Å². The van der Waals surface area contributed by atoms with Gasteiger partial charge >= 0.3 is 5.97 Å². The molecule has 6 nitrogen and oxygen atoms in total. The molecular weight excluding hydrogens is 222 g/mol. The molecule has 0 atom stereocenters. The van der Waals surface area contributed by atoms with Crippen LogP contribution in [0.25, 0.3) is 5.65 Å². The highest BCUT2D eigenvalue weighted by Crippen LogP contribution is 2.07. The minimum Gasteiger partial charge on any atom is -0.478 e. The Morgan fingerprint density at radius 1 is 1.47 bits per heavy atom. The van der Waals surface area contributed by atoms with Crippen LogP contribution in [0.3, 0.4) is 0 Å². The number of aromatic nitrogens is 3. The first kappa shape index (κ1) is 11.5. The third-order valence-corrected chi connectivity index (χ3v) is 2.39. The van der Waals surface area contributed by atoms with Crippen molar-refractivity contribution in [1.82, 2.24) is 14.6 Å². The van der Waals surface area contributed by atoms with Crippen molar-refractivity contribution in [1.29, 1.82) is 0 Å². The van der Waals surface area contributed by atoms with E-state index >= 15 is 0 Å². The van der Waals surface area contributed by atoms with Gasteiger partial charge in [-0.2, -0.15) is 0 Å². The van der Waals surface area contributed by atoms with E-state index in [0.717, 1.165) is 0 Å². The van der Waals surface area contributed by atoms with Crippen LogP contribution >= 0.6 is 0 Å². The summed E-state index contributed by atoms with van der Waals surface area (Å²) >= 11 is 0. The Labute approximate surface area is 97.9 Å². The topological polar surface area (TPSA) is 76.7 Å². The van der Waals surface area contributed by atoms with Crippen LogP contribution in [0, 0.1) is 0 Å². The molecule has 17 heavy (non-hydrogen) atoms. The Morgan fingerprint density at radius 2 is 2.29 bits per heavy atom. The molecule has 0 aromatic carbocycles. The average molecular weight is 235 g/mol. The van der Waals surface area contributed by atoms with Gasteiger partial charge in [0.2, 0.25) is 0 Å². The summed E-state index contributed by atoms with van der Waals surface area (Å²) in [6.45, 7) is 3.12. The van der Waals surface area contributed by atoms with Crippen LogP contribution in [-0.4, -0.2) is 38.9 Å². The lowest BCUT2D eigenvalue weighted by Crippen LogP contribution is -2.04. The van der Waals surface area contributed by atoms with E-state index in [4.69, 9.17) is 9.84 Å². The average Bonchev–Trinajstić information content (AvgIpc) is 2.72. The molecule has 0 radical (unpaired) electrons. The Morgan fingerprint density at radius 3 is 3.00 bits per heavy atom. The molecule has 2 aromatic rings. The molecule has 90 valence electrons. The molecule has 0 aliphatic heterocycles. The third kappa shape index (κ3) is 2.42. The number of ether oxygens (including phenoxy) is 1. The number of hydrogen-bond acceptors (Lipinski definition) is 4. The van der Waals surface area contributed by atoms with E-state index in [2.05, 4.69) is 10.2 Å². The second-order valence-corrected chi connectivity index (χ2v) is 3.51. The highest BCUT2D eigenvalue weighted by molar-refractivity contribution is 5.87. The zero-order valence-electron chi connectivity index (χ0n) is 9.46. The van der Waals surface area contributed by atoms with Gasteiger partial charge < -0.3 is 9.84 Å². The fourth-order valence-corrected chi connectivity index (χ4v) is 1.54. The van der Waals surface area contributed by atoms with Gasteiger partial charge in [-0.25, -0.2) is 4.79 Å². The van der Waals surface area contributed by atoms with Crippen molar-refractivity contribution in [2.24, 2.45) is 0 Å². The second-order valence-electron chi connectivity index (χ2n) is 3.51. The maximum atomic E-state index is 10.9. The number of fused-ring (bicyclic) bond motifs is 1. The van der Waals surface area contributed by atoms with E-state index in [0.29, 0.717) is 31.1 Å². The number of carboxylic acid groups (broad SMARTS) is 1. The van der Waals surface area contributed by atoms with Crippen LogP contribution < -0.4 is 0 Å². The summed E-state index contributed by atoms with van der Waals surface area (Å²) in [6.07, 6.45) is 2.14. The largest absolute Gasteiger partial charge is 0.478 e. The molecule has 2 aromatic heterocycles. The molecule has 0 saturated carbocycles. The lowest BCUT2D eigenvalue weighted by molar-refractivity contribution is 0.0696. The van der Waals surface area contributed by atoms with Gasteiger partial charge in [0.25, 0.3) is 0 Å². The van der Waals surface area contributed by atoms with E-state index in [9.17, 15) is 4.79 Å². The van der Waals surface area contributed by atoms with E-state index < -0.39 is 5.97 Å². The predicted molar refractivity (Wildman–Crippen MR) is 60.1 cm³/mol. The Bertz CT molecular complexity index is 536. The van der Waals surface area contributed by atoms with E-state index in [-0.39, 0.29) is 5.56 Å². The Kier molecular flexibility index (Phi) is 3.34. The smallest absolute Gasteiger partial charge is 0.337 e. The van der Waals surface area contributed by atoms with E-state index in [1.165, 1.54) is 12.3 Å². The molecule has 2 rings (SSSR count). The number of carbonyl (C=O) groups is 1. The zero-order valence-corrected chi connectivity index (χ0v) is 9.46. The van der Waals surface area contributed by atoms with Crippen LogP contribution in [0.5, 0.6) is 0 Å². The summed E-state index contributed by atoms with van der Waals surface area (Å²) < 4.78 is 6.92. The molecule has 0 amide bonds. The molecule has 0 unspecified atom stereocenters. The van der Waals surface area contributed by atoms with Crippen molar-refractivity contribution < 1.29 is 14.6 Å². The highest BCUT2D eigenvalue weighted by atomic mass is 16.5. The van der Waals surface area contributed by atoms with Crippen molar-refractivity contribution in [2.45, 2.75) is 13.3 Å².